The molecule has 6 heteroatoms. The molecule has 0 aliphatic heterocycles. The van der Waals surface area contributed by atoms with Crippen LogP contribution in [0.3, 0.4) is 0 Å². The molecule has 0 saturated heterocycles. The van der Waals surface area contributed by atoms with Crippen LogP contribution in [-0.2, 0) is 0 Å². The zero-order valence-corrected chi connectivity index (χ0v) is 28.7. The standard InChI is InChI=1S/C45H26N4S2/c1-3-12-27(13-4-1)43-46-44(28-14-5-2-6-15-28)48-45(47-43)32-18-11-21-39-42(32)35-25-34-33-24-29(22-23-38(33)50-40(34)26-41(35)51-39)49-36-19-9-7-16-30(36)31-17-8-10-20-37(31)49/h1-26H. The monoisotopic (exact) mass is 686 g/mol. The summed E-state index contributed by atoms with van der Waals surface area (Å²) in [4.78, 5) is 15.2. The highest BCUT2D eigenvalue weighted by molar-refractivity contribution is 7.28. The summed E-state index contributed by atoms with van der Waals surface area (Å²) in [7, 11) is 0. The van der Waals surface area contributed by atoms with Crippen LogP contribution >= 0.6 is 22.7 Å². The topological polar surface area (TPSA) is 43.6 Å². The van der Waals surface area contributed by atoms with Gasteiger partial charge in [-0.2, -0.15) is 0 Å². The van der Waals surface area contributed by atoms with E-state index >= 15 is 0 Å². The molecule has 238 valence electrons. The molecule has 4 aromatic heterocycles. The highest BCUT2D eigenvalue weighted by Gasteiger charge is 2.19. The van der Waals surface area contributed by atoms with Crippen LogP contribution in [0.2, 0.25) is 0 Å². The molecule has 11 rings (SSSR count). The van der Waals surface area contributed by atoms with Gasteiger partial charge in [-0.05, 0) is 48.5 Å². The molecule has 0 unspecified atom stereocenters. The molecule has 0 saturated carbocycles. The predicted molar refractivity (Wildman–Crippen MR) is 216 cm³/mol. The molecule has 4 heterocycles. The van der Waals surface area contributed by atoms with Gasteiger partial charge in [-0.25, -0.2) is 15.0 Å². The van der Waals surface area contributed by atoms with Crippen LogP contribution in [0.5, 0.6) is 0 Å². The summed E-state index contributed by atoms with van der Waals surface area (Å²) in [6.07, 6.45) is 0. The maximum absolute atomic E-state index is 5.11. The van der Waals surface area contributed by atoms with Gasteiger partial charge >= 0.3 is 0 Å². The van der Waals surface area contributed by atoms with Crippen LogP contribution in [-0.4, -0.2) is 19.5 Å². The van der Waals surface area contributed by atoms with Crippen LogP contribution in [0.25, 0.3) is 102 Å². The first-order valence-corrected chi connectivity index (χ1v) is 18.6. The minimum absolute atomic E-state index is 0.666. The van der Waals surface area contributed by atoms with E-state index in [9.17, 15) is 0 Å². The number of benzene rings is 7. The molecular weight excluding hydrogens is 661 g/mol. The number of nitrogens with zero attached hydrogens (tertiary/aromatic N) is 4. The van der Waals surface area contributed by atoms with E-state index in [-0.39, 0.29) is 0 Å². The van der Waals surface area contributed by atoms with Gasteiger partial charge < -0.3 is 4.57 Å². The Morgan fingerprint density at radius 2 is 0.941 bits per heavy atom. The molecular formula is C45H26N4S2. The lowest BCUT2D eigenvalue weighted by atomic mass is 10.0. The average Bonchev–Trinajstić information content (AvgIpc) is 3.86. The molecule has 7 aromatic carbocycles. The van der Waals surface area contributed by atoms with E-state index < -0.39 is 0 Å². The van der Waals surface area contributed by atoms with Crippen LogP contribution in [0.4, 0.5) is 0 Å². The van der Waals surface area contributed by atoms with Gasteiger partial charge in [-0.3, -0.25) is 0 Å². The summed E-state index contributed by atoms with van der Waals surface area (Å²) in [5.41, 5.74) is 6.55. The third-order valence-electron chi connectivity index (χ3n) is 9.85. The van der Waals surface area contributed by atoms with E-state index in [1.54, 1.807) is 0 Å². The van der Waals surface area contributed by atoms with Crippen LogP contribution in [0.15, 0.2) is 158 Å². The maximum Gasteiger partial charge on any atom is 0.164 e. The van der Waals surface area contributed by atoms with E-state index in [1.807, 2.05) is 59.1 Å². The summed E-state index contributed by atoms with van der Waals surface area (Å²) < 4.78 is 7.47. The Morgan fingerprint density at radius 1 is 0.373 bits per heavy atom. The number of rotatable bonds is 4. The lowest BCUT2D eigenvalue weighted by Crippen LogP contribution is -2.00. The van der Waals surface area contributed by atoms with Gasteiger partial charge in [0.25, 0.3) is 0 Å². The molecule has 51 heavy (non-hydrogen) atoms. The number of thiophene rings is 2. The molecule has 0 bridgehead atoms. The number of aromatic nitrogens is 4. The first-order valence-electron chi connectivity index (χ1n) is 16.9. The summed E-state index contributed by atoms with van der Waals surface area (Å²) in [6.45, 7) is 0. The molecule has 0 aliphatic rings. The van der Waals surface area contributed by atoms with Crippen molar-refractivity contribution in [3.8, 4) is 39.9 Å². The van der Waals surface area contributed by atoms with Crippen molar-refractivity contribution in [2.75, 3.05) is 0 Å². The molecule has 0 aliphatic carbocycles. The number of hydrogen-bond donors (Lipinski definition) is 0. The fourth-order valence-electron chi connectivity index (χ4n) is 7.54. The summed E-state index contributed by atoms with van der Waals surface area (Å²) in [5, 5.41) is 7.48. The zero-order chi connectivity index (χ0) is 33.5. The Labute approximate surface area is 300 Å². The minimum Gasteiger partial charge on any atom is -0.309 e. The van der Waals surface area contributed by atoms with E-state index in [2.05, 4.69) is 126 Å². The molecule has 4 nitrogen and oxygen atoms in total. The zero-order valence-electron chi connectivity index (χ0n) is 27.1. The van der Waals surface area contributed by atoms with Gasteiger partial charge in [0.15, 0.2) is 17.5 Å². The van der Waals surface area contributed by atoms with Crippen molar-refractivity contribution in [2.24, 2.45) is 0 Å². The Morgan fingerprint density at radius 3 is 1.63 bits per heavy atom. The third-order valence-corrected chi connectivity index (χ3v) is 12.1. The van der Waals surface area contributed by atoms with Crippen molar-refractivity contribution in [2.45, 2.75) is 0 Å². The highest BCUT2D eigenvalue weighted by Crippen LogP contribution is 2.45. The van der Waals surface area contributed by atoms with Crippen molar-refractivity contribution in [1.82, 2.24) is 19.5 Å². The summed E-state index contributed by atoms with van der Waals surface area (Å²) >= 11 is 3.70. The fourth-order valence-corrected chi connectivity index (χ4v) is 9.87. The van der Waals surface area contributed by atoms with E-state index in [1.165, 1.54) is 67.8 Å². The van der Waals surface area contributed by atoms with E-state index in [0.717, 1.165) is 16.7 Å². The summed E-state index contributed by atoms with van der Waals surface area (Å²) in [5.74, 6) is 2.01. The minimum atomic E-state index is 0.666. The first kappa shape index (κ1) is 28.6. The smallest absolute Gasteiger partial charge is 0.164 e. The van der Waals surface area contributed by atoms with Gasteiger partial charge in [-0.1, -0.05) is 109 Å². The maximum atomic E-state index is 5.11. The second-order valence-corrected chi connectivity index (χ2v) is 15.0. The number of hydrogen-bond acceptors (Lipinski definition) is 5. The SMILES string of the molecule is c1ccc(-c2nc(-c3ccccc3)nc(-c3cccc4sc5cc6sc7ccc(-n8c9ccccc9c9ccccc98)cc7c6cc5c34)n2)cc1. The van der Waals surface area contributed by atoms with Gasteiger partial charge in [0.2, 0.25) is 0 Å². The second-order valence-electron chi connectivity index (χ2n) is 12.8. The number of fused-ring (bicyclic) bond motifs is 9. The van der Waals surface area contributed by atoms with Crippen LogP contribution < -0.4 is 0 Å². The van der Waals surface area contributed by atoms with Crippen molar-refractivity contribution >= 4 is 84.8 Å². The van der Waals surface area contributed by atoms with Crippen LogP contribution in [0.1, 0.15) is 0 Å². The quantitative estimate of drug-likeness (QED) is 0.185. The van der Waals surface area contributed by atoms with E-state index in [0.29, 0.717) is 17.5 Å². The summed E-state index contributed by atoms with van der Waals surface area (Å²) in [6, 6.07) is 56.0. The molecule has 0 atom stereocenters. The molecule has 0 N–H and O–H groups in total. The largest absolute Gasteiger partial charge is 0.309 e. The van der Waals surface area contributed by atoms with Crippen LogP contribution in [0, 0.1) is 0 Å². The molecule has 0 fully saturated rings. The average molecular weight is 687 g/mol. The van der Waals surface area contributed by atoms with Gasteiger partial charge in [0.05, 0.1) is 11.0 Å². The predicted octanol–water partition coefficient (Wildman–Crippen LogP) is 12.7. The first-order chi connectivity index (χ1) is 25.3. The Balaban J connectivity index is 1.15. The normalized spacial score (nSPS) is 11.9. The Hall–Kier alpha value is -6.21. The third kappa shape index (κ3) is 4.47. The number of para-hydroxylation sites is 2. The Kier molecular flexibility index (Phi) is 6.26. The van der Waals surface area contributed by atoms with Crippen molar-refractivity contribution < 1.29 is 0 Å². The van der Waals surface area contributed by atoms with Crippen molar-refractivity contribution in [3.05, 3.63) is 158 Å². The fraction of sp³-hybridized carbons (Fsp3) is 0. The molecule has 0 radical (unpaired) electrons. The highest BCUT2D eigenvalue weighted by atomic mass is 32.1. The van der Waals surface area contributed by atoms with E-state index in [4.69, 9.17) is 15.0 Å². The lowest BCUT2D eigenvalue weighted by Gasteiger charge is -2.09. The molecule has 0 amide bonds. The lowest BCUT2D eigenvalue weighted by molar-refractivity contribution is 1.08. The van der Waals surface area contributed by atoms with Gasteiger partial charge in [0, 0.05) is 73.5 Å². The van der Waals surface area contributed by atoms with Crippen molar-refractivity contribution in [1.29, 1.82) is 0 Å². The molecule has 0 spiro atoms. The van der Waals surface area contributed by atoms with Crippen molar-refractivity contribution in [3.63, 3.8) is 0 Å². The van der Waals surface area contributed by atoms with Gasteiger partial charge in [0.1, 0.15) is 0 Å². The van der Waals surface area contributed by atoms with Gasteiger partial charge in [-0.15, -0.1) is 22.7 Å². The second kappa shape index (κ2) is 11.2. The Bertz CT molecular complexity index is 3030. The molecule has 11 aromatic rings.